The van der Waals surface area contributed by atoms with Crippen LogP contribution in [0.25, 0.3) is 0 Å². The Bertz CT molecular complexity index is 1240. The molecule has 0 unspecified atom stereocenters. The van der Waals surface area contributed by atoms with Gasteiger partial charge in [-0.1, -0.05) is 71.2 Å². The second kappa shape index (κ2) is 18.4. The van der Waals surface area contributed by atoms with Crippen LogP contribution in [0.3, 0.4) is 0 Å². The van der Waals surface area contributed by atoms with Gasteiger partial charge in [0, 0.05) is 15.1 Å². The van der Waals surface area contributed by atoms with Gasteiger partial charge in [-0.2, -0.15) is 0 Å². The number of benzene rings is 4. The van der Waals surface area contributed by atoms with Crippen LogP contribution >= 0.6 is 34.8 Å². The minimum Gasteiger partial charge on any atom is -0.545 e. The van der Waals surface area contributed by atoms with E-state index in [1.54, 1.807) is 22.5 Å². The number of hydrogen-bond acceptors (Lipinski definition) is 6. The van der Waals surface area contributed by atoms with Crippen LogP contribution in [0.4, 0.5) is 0 Å². The summed E-state index contributed by atoms with van der Waals surface area (Å²) >= 11 is 18.1. The first kappa shape index (κ1) is 36.0. The van der Waals surface area contributed by atoms with Crippen molar-refractivity contribution in [3.05, 3.63) is 140 Å². The molecule has 0 aliphatic heterocycles. The number of halogens is 3. The molecule has 0 aromatic heterocycles. The van der Waals surface area contributed by atoms with Crippen LogP contribution in [0.15, 0.2) is 103 Å². The molecule has 0 amide bonds. The van der Waals surface area contributed by atoms with Gasteiger partial charge < -0.3 is 29.7 Å². The minimum atomic E-state index is -1.18. The fraction of sp³-hybridized carbons (Fsp3) is 0.129. The fourth-order valence-electron chi connectivity index (χ4n) is 2.75. The Kier molecular flexibility index (Phi) is 16.2. The molecule has 6 nitrogen and oxygen atoms in total. The molecule has 0 saturated heterocycles. The van der Waals surface area contributed by atoms with Gasteiger partial charge in [-0.05, 0) is 53.1 Å². The van der Waals surface area contributed by atoms with Gasteiger partial charge >= 0.3 is 82.1 Å². The van der Waals surface area contributed by atoms with Crippen molar-refractivity contribution in [2.24, 2.45) is 0 Å². The maximum atomic E-state index is 10.2. The van der Waals surface area contributed by atoms with Crippen molar-refractivity contribution in [3.63, 3.8) is 0 Å². The Labute approximate surface area is 267 Å². The van der Waals surface area contributed by atoms with E-state index in [-0.39, 0.29) is 16.7 Å². The molecule has 0 heterocycles. The number of carboxylic acids is 3. The summed E-state index contributed by atoms with van der Waals surface area (Å²) in [6.07, 6.45) is 0. The third-order valence-corrected chi connectivity index (χ3v) is 8.52. The molecule has 0 saturated carbocycles. The van der Waals surface area contributed by atoms with E-state index in [0.29, 0.717) is 20.5 Å². The molecule has 210 valence electrons. The zero-order valence-electron chi connectivity index (χ0n) is 22.1. The fourth-order valence-corrected chi connectivity index (χ4v) is 3.71. The van der Waals surface area contributed by atoms with Crippen LogP contribution in [-0.4, -0.2) is 40.4 Å². The number of rotatable bonds is 5. The first-order valence-electron chi connectivity index (χ1n) is 11.9. The number of carboxylic acid groups (broad SMARTS) is 3. The number of carbonyl (C=O) groups is 3. The first-order valence-corrected chi connectivity index (χ1v) is 15.0. The molecule has 0 bridgehead atoms. The predicted molar refractivity (Wildman–Crippen MR) is 157 cm³/mol. The third-order valence-electron chi connectivity index (χ3n) is 5.24. The van der Waals surface area contributed by atoms with E-state index in [1.165, 1.54) is 82.8 Å². The molecule has 0 spiro atoms. The molecule has 0 N–H and O–H groups in total. The maximum absolute atomic E-state index is 10.2. The van der Waals surface area contributed by atoms with Crippen LogP contribution in [0.5, 0.6) is 0 Å². The smallest absolute Gasteiger partial charge is 0.0715 e. The van der Waals surface area contributed by atoms with E-state index in [0.717, 1.165) is 0 Å². The van der Waals surface area contributed by atoms with Crippen molar-refractivity contribution in [2.75, 3.05) is 0 Å². The Hall–Kier alpha value is -3.04. The van der Waals surface area contributed by atoms with Gasteiger partial charge in [0.1, 0.15) is 0 Å². The van der Waals surface area contributed by atoms with E-state index < -0.39 is 17.9 Å². The molecule has 0 atom stereocenters. The second-order valence-electron chi connectivity index (χ2n) is 8.81. The molecule has 4 aromatic rings. The molecule has 0 aliphatic carbocycles. The molecule has 10 heteroatoms. The summed E-state index contributed by atoms with van der Waals surface area (Å²) in [6.45, 7) is 4.61. The molecule has 4 aromatic carbocycles. The quantitative estimate of drug-likeness (QED) is 0.277. The zero-order valence-corrected chi connectivity index (χ0v) is 27.2. The Morgan fingerprint density at radius 1 is 0.561 bits per heavy atom. The van der Waals surface area contributed by atoms with Crippen molar-refractivity contribution in [3.8, 4) is 0 Å². The topological polar surface area (TPSA) is 120 Å². The van der Waals surface area contributed by atoms with Crippen molar-refractivity contribution < 1.29 is 29.7 Å². The van der Waals surface area contributed by atoms with Gasteiger partial charge in [0.15, 0.2) is 0 Å². The largest absolute Gasteiger partial charge is 0.545 e. The van der Waals surface area contributed by atoms with Crippen molar-refractivity contribution in [1.82, 2.24) is 0 Å². The molecular formula is C31H25Cl3O6Sn. The summed E-state index contributed by atoms with van der Waals surface area (Å²) in [4.78, 5) is 30.5. The van der Waals surface area contributed by atoms with Gasteiger partial charge in [-0.25, -0.2) is 0 Å². The Morgan fingerprint density at radius 3 is 1.05 bits per heavy atom. The van der Waals surface area contributed by atoms with Crippen molar-refractivity contribution >= 4 is 75.2 Å². The summed E-state index contributed by atoms with van der Waals surface area (Å²) in [6, 6.07) is 28.2. The van der Waals surface area contributed by atoms with Gasteiger partial charge in [-0.15, -0.1) is 0 Å². The molecule has 0 fully saturated rings. The van der Waals surface area contributed by atoms with Gasteiger partial charge in [0.25, 0.3) is 0 Å². The van der Waals surface area contributed by atoms with Gasteiger partial charge in [0.05, 0.1) is 17.9 Å². The predicted octanol–water partition coefficient (Wildman–Crippen LogP) is 4.66. The van der Waals surface area contributed by atoms with Crippen molar-refractivity contribution in [1.29, 1.82) is 0 Å². The standard InChI is InChI=1S/C10H13.3C7H5ClO2.Sn/c1-10(2,3)9-7-5-4-6-8-9;3*8-6-3-1-5(2-4-6)7(9)10;/h4-8H,1H2,2-3H3;3*1-4H,(H,9,10);/q;;;;+3/p-3. The van der Waals surface area contributed by atoms with Gasteiger partial charge in [0.2, 0.25) is 0 Å². The Balaban J connectivity index is 0.000000274. The SMILES string of the molecule is CC(C)([CH2][Sn+3])c1ccccc1.O=C([O-])c1ccc(Cl)cc1.O=C([O-])c1ccc(Cl)cc1.O=C([O-])c1ccc(Cl)cc1. The summed E-state index contributed by atoms with van der Waals surface area (Å²) in [5.41, 5.74) is 2.26. The number of aromatic carboxylic acids is 3. The number of carbonyl (C=O) groups excluding carboxylic acids is 3. The maximum Gasteiger partial charge on any atom is 0.0715 e. The van der Waals surface area contributed by atoms with E-state index >= 15 is 0 Å². The summed E-state index contributed by atoms with van der Waals surface area (Å²) < 4.78 is 1.28. The van der Waals surface area contributed by atoms with Crippen molar-refractivity contribution in [2.45, 2.75) is 23.7 Å². The van der Waals surface area contributed by atoms with Crippen LogP contribution in [0, 0.1) is 0 Å². The van der Waals surface area contributed by atoms with Crippen LogP contribution < -0.4 is 15.3 Å². The first-order chi connectivity index (χ1) is 19.3. The van der Waals surface area contributed by atoms with E-state index in [1.807, 2.05) is 0 Å². The summed E-state index contributed by atoms with van der Waals surface area (Å²) in [5, 5.41) is 32.0. The third kappa shape index (κ3) is 14.4. The minimum absolute atomic E-state index is 0.143. The van der Waals surface area contributed by atoms with E-state index in [4.69, 9.17) is 34.8 Å². The van der Waals surface area contributed by atoms with Crippen LogP contribution in [0.1, 0.15) is 50.5 Å². The van der Waals surface area contributed by atoms with E-state index in [9.17, 15) is 29.7 Å². The normalized spacial score (nSPS) is 9.93. The van der Waals surface area contributed by atoms with Crippen LogP contribution in [0.2, 0.25) is 19.5 Å². The molecular weight excluding hydrogens is 693 g/mol. The molecule has 0 radical (unpaired) electrons. The van der Waals surface area contributed by atoms with Crippen LogP contribution in [-0.2, 0) is 5.41 Å². The van der Waals surface area contributed by atoms with E-state index in [2.05, 4.69) is 44.2 Å². The molecule has 41 heavy (non-hydrogen) atoms. The van der Waals surface area contributed by atoms with Gasteiger partial charge in [-0.3, -0.25) is 0 Å². The zero-order chi connectivity index (χ0) is 31.0. The molecule has 4 rings (SSSR count). The summed E-state index contributed by atoms with van der Waals surface area (Å²) in [7, 11) is 0. The monoisotopic (exact) mass is 718 g/mol. The second-order valence-corrected chi connectivity index (χ2v) is 11.1. The average Bonchev–Trinajstić information content (AvgIpc) is 2.95. The average molecular weight is 719 g/mol. The molecule has 0 aliphatic rings. The number of hydrogen-bond donors (Lipinski definition) is 0. The summed E-state index contributed by atoms with van der Waals surface area (Å²) in [5.74, 6) is -3.55. The Morgan fingerprint density at radius 2 is 0.829 bits per heavy atom.